The number of nitrogens with zero attached hydrogens (tertiary/aromatic N) is 6. The van der Waals surface area contributed by atoms with Gasteiger partial charge in [-0.2, -0.15) is 5.26 Å². The second-order valence-corrected chi connectivity index (χ2v) is 6.79. The number of piperidine rings is 1. The van der Waals surface area contributed by atoms with Crippen LogP contribution in [0.3, 0.4) is 0 Å². The molecule has 1 aliphatic heterocycles. The number of carbonyl (C=O) groups is 1. The van der Waals surface area contributed by atoms with Crippen molar-refractivity contribution in [3.8, 4) is 17.6 Å². The first-order valence-electron chi connectivity index (χ1n) is 9.97. The number of imidazole rings is 1. The minimum absolute atomic E-state index is 0.00722. The van der Waals surface area contributed by atoms with E-state index in [0.717, 1.165) is 38.3 Å². The number of rotatable bonds is 4. The lowest BCUT2D eigenvalue weighted by molar-refractivity contribution is -0.130. The number of anilines is 1. The molecule has 156 valence electrons. The van der Waals surface area contributed by atoms with E-state index in [4.69, 9.17) is 5.26 Å². The average Bonchev–Trinajstić information content (AvgIpc) is 3.18. The molecule has 0 unspecified atom stereocenters. The highest BCUT2D eigenvalue weighted by Crippen LogP contribution is 2.18. The fraction of sp³-hybridized carbons (Fsp3) is 0.381. The lowest BCUT2D eigenvalue weighted by Gasteiger charge is -2.25. The minimum Gasteiger partial charge on any atom is -0.370 e. The third-order valence-electron chi connectivity index (χ3n) is 4.65. The first-order valence-corrected chi connectivity index (χ1v) is 9.97. The number of likely N-dealkylation sites (tertiary alicyclic amines) is 1. The van der Waals surface area contributed by atoms with E-state index in [1.807, 2.05) is 13.0 Å². The largest absolute Gasteiger partial charge is 0.370 e. The van der Waals surface area contributed by atoms with Crippen LogP contribution in [0.15, 0.2) is 36.8 Å². The van der Waals surface area contributed by atoms with Crippen molar-refractivity contribution < 1.29 is 9.18 Å². The number of halogens is 1. The summed E-state index contributed by atoms with van der Waals surface area (Å²) in [7, 11) is 0. The average molecular weight is 409 g/mol. The van der Waals surface area contributed by atoms with Gasteiger partial charge in [0.25, 0.3) is 0 Å². The number of pyridine rings is 1. The Morgan fingerprint density at radius 3 is 2.77 bits per heavy atom. The molecule has 0 aromatic carbocycles. The van der Waals surface area contributed by atoms with E-state index < -0.39 is 0 Å². The van der Waals surface area contributed by atoms with Crippen LogP contribution < -0.4 is 5.32 Å². The molecular weight excluding hydrogens is 385 g/mol. The molecule has 0 aliphatic carbocycles. The topological polar surface area (TPSA) is 99.2 Å². The Labute approximate surface area is 174 Å². The van der Waals surface area contributed by atoms with Crippen LogP contribution >= 0.6 is 0 Å². The van der Waals surface area contributed by atoms with E-state index >= 15 is 0 Å². The first-order chi connectivity index (χ1) is 14.6. The lowest BCUT2D eigenvalue weighted by Crippen LogP contribution is -2.35. The number of aromatic nitrogens is 4. The molecule has 1 amide bonds. The molecule has 1 saturated heterocycles. The number of nitriles is 1. The molecule has 0 bridgehead atoms. The van der Waals surface area contributed by atoms with Crippen LogP contribution in [0.1, 0.15) is 32.6 Å². The zero-order chi connectivity index (χ0) is 21.3. The molecule has 0 saturated carbocycles. The molecule has 8 nitrogen and oxygen atoms in total. The van der Waals surface area contributed by atoms with E-state index in [1.54, 1.807) is 33.8 Å². The van der Waals surface area contributed by atoms with Gasteiger partial charge in [-0.05, 0) is 44.4 Å². The molecule has 4 rings (SSSR count). The highest BCUT2D eigenvalue weighted by molar-refractivity contribution is 5.78. The summed E-state index contributed by atoms with van der Waals surface area (Å²) in [6, 6.07) is 6.66. The van der Waals surface area contributed by atoms with E-state index in [1.165, 1.54) is 18.7 Å². The summed E-state index contributed by atoms with van der Waals surface area (Å²) < 4.78 is 14.9. The van der Waals surface area contributed by atoms with Crippen molar-refractivity contribution in [2.24, 2.45) is 0 Å². The van der Waals surface area contributed by atoms with Gasteiger partial charge in [-0.3, -0.25) is 9.20 Å². The van der Waals surface area contributed by atoms with Gasteiger partial charge in [0.15, 0.2) is 5.82 Å². The van der Waals surface area contributed by atoms with Crippen LogP contribution in [0.4, 0.5) is 10.2 Å². The Morgan fingerprint density at radius 2 is 2.03 bits per heavy atom. The van der Waals surface area contributed by atoms with Gasteiger partial charge in [-0.15, -0.1) is 0 Å². The molecule has 1 N–H and O–H groups in total. The first kappa shape index (κ1) is 21.2. The van der Waals surface area contributed by atoms with Crippen LogP contribution in [-0.2, 0) is 4.79 Å². The van der Waals surface area contributed by atoms with Gasteiger partial charge < -0.3 is 10.2 Å². The van der Waals surface area contributed by atoms with Crippen LogP contribution in [-0.4, -0.2) is 49.8 Å². The second-order valence-electron chi connectivity index (χ2n) is 6.79. The molecular formula is C21H24FN7O. The van der Waals surface area contributed by atoms with Crippen molar-refractivity contribution in [2.75, 3.05) is 25.0 Å². The standard InChI is InChI=1S/C13H12FN5.C8H12N2O/c1-2-15-11-5-6-16-13(18-11)10-7-17-12-4-3-9(14)8-19(10)12;9-5-4-8(11)10-6-2-1-3-7-10/h3-8H,2H2,1H3,(H,15,16,18);1-4,6-7H2. The highest BCUT2D eigenvalue weighted by atomic mass is 19.1. The predicted molar refractivity (Wildman–Crippen MR) is 111 cm³/mol. The smallest absolute Gasteiger partial charge is 0.236 e. The lowest BCUT2D eigenvalue weighted by atomic mass is 10.1. The van der Waals surface area contributed by atoms with E-state index in [0.29, 0.717) is 17.2 Å². The summed E-state index contributed by atoms with van der Waals surface area (Å²) in [5.74, 6) is 0.914. The number of fused-ring (bicyclic) bond motifs is 1. The van der Waals surface area contributed by atoms with Gasteiger partial charge in [0, 0.05) is 32.0 Å². The molecule has 0 radical (unpaired) electrons. The molecule has 1 aliphatic rings. The molecule has 1 fully saturated rings. The van der Waals surface area contributed by atoms with Crippen molar-refractivity contribution in [3.05, 3.63) is 42.6 Å². The number of hydrogen-bond acceptors (Lipinski definition) is 6. The molecule has 0 atom stereocenters. The third kappa shape index (κ3) is 5.29. The summed E-state index contributed by atoms with van der Waals surface area (Å²) in [6.07, 6.45) is 8.13. The molecule has 0 spiro atoms. The Bertz CT molecular complexity index is 1040. The summed E-state index contributed by atoms with van der Waals surface area (Å²) in [4.78, 5) is 25.7. The zero-order valence-corrected chi connectivity index (χ0v) is 16.9. The van der Waals surface area contributed by atoms with Gasteiger partial charge in [-0.25, -0.2) is 19.3 Å². The van der Waals surface area contributed by atoms with Crippen molar-refractivity contribution in [1.29, 1.82) is 5.26 Å². The van der Waals surface area contributed by atoms with Crippen LogP contribution in [0, 0.1) is 17.1 Å². The number of nitrogens with one attached hydrogen (secondary N) is 1. The van der Waals surface area contributed by atoms with Crippen LogP contribution in [0.5, 0.6) is 0 Å². The van der Waals surface area contributed by atoms with Gasteiger partial charge in [0.05, 0.1) is 12.3 Å². The predicted octanol–water partition coefficient (Wildman–Crippen LogP) is 3.27. The van der Waals surface area contributed by atoms with E-state index in [-0.39, 0.29) is 18.1 Å². The van der Waals surface area contributed by atoms with Crippen molar-refractivity contribution in [1.82, 2.24) is 24.3 Å². The Hall–Kier alpha value is -3.54. The Balaban J connectivity index is 0.000000199. The maximum absolute atomic E-state index is 13.3. The SMILES string of the molecule is CCNc1ccnc(-c2cnc3ccc(F)cn23)n1.N#CCC(=O)N1CCCCC1. The minimum atomic E-state index is -0.324. The fourth-order valence-electron chi connectivity index (χ4n) is 3.20. The van der Waals surface area contributed by atoms with Crippen LogP contribution in [0.2, 0.25) is 0 Å². The molecule has 30 heavy (non-hydrogen) atoms. The van der Waals surface area contributed by atoms with Crippen molar-refractivity contribution in [3.63, 3.8) is 0 Å². The molecule has 9 heteroatoms. The maximum atomic E-state index is 13.3. The van der Waals surface area contributed by atoms with Gasteiger partial charge in [0.2, 0.25) is 5.91 Å². The zero-order valence-electron chi connectivity index (χ0n) is 16.9. The number of amides is 1. The fourth-order valence-corrected chi connectivity index (χ4v) is 3.20. The molecule has 3 aromatic rings. The summed E-state index contributed by atoms with van der Waals surface area (Å²) >= 11 is 0. The highest BCUT2D eigenvalue weighted by Gasteiger charge is 2.15. The monoisotopic (exact) mass is 409 g/mol. The second kappa shape index (κ2) is 10.3. The molecule has 3 aromatic heterocycles. The van der Waals surface area contributed by atoms with Crippen molar-refractivity contribution >= 4 is 17.4 Å². The maximum Gasteiger partial charge on any atom is 0.236 e. The van der Waals surface area contributed by atoms with E-state index in [9.17, 15) is 9.18 Å². The Morgan fingerprint density at radius 1 is 1.23 bits per heavy atom. The van der Waals surface area contributed by atoms with E-state index in [2.05, 4.69) is 20.3 Å². The number of carbonyl (C=O) groups excluding carboxylic acids is 1. The summed E-state index contributed by atoms with van der Waals surface area (Å²) in [6.45, 7) is 4.46. The molecule has 4 heterocycles. The van der Waals surface area contributed by atoms with Gasteiger partial charge in [0.1, 0.15) is 29.4 Å². The van der Waals surface area contributed by atoms with Crippen molar-refractivity contribution in [2.45, 2.75) is 32.6 Å². The number of hydrogen-bond donors (Lipinski definition) is 1. The van der Waals surface area contributed by atoms with Gasteiger partial charge >= 0.3 is 0 Å². The normalized spacial score (nSPS) is 13.3. The third-order valence-corrected chi connectivity index (χ3v) is 4.65. The summed E-state index contributed by atoms with van der Waals surface area (Å²) in [5, 5.41) is 11.4. The van der Waals surface area contributed by atoms with Crippen LogP contribution in [0.25, 0.3) is 17.2 Å². The Kier molecular flexibility index (Phi) is 7.27. The quantitative estimate of drug-likeness (QED) is 0.710. The van der Waals surface area contributed by atoms with Gasteiger partial charge in [-0.1, -0.05) is 0 Å². The summed E-state index contributed by atoms with van der Waals surface area (Å²) in [5.41, 5.74) is 1.32.